The molecular formula is C12H20BrNO2. The maximum atomic E-state index is 10.7. The van der Waals surface area contributed by atoms with E-state index in [1.807, 2.05) is 6.92 Å². The smallest absolute Gasteiger partial charge is 0.303 e. The number of carboxylic acid groups (broad SMARTS) is 1. The lowest BCUT2D eigenvalue weighted by molar-refractivity contribution is -0.138. The van der Waals surface area contributed by atoms with Crippen LogP contribution in [-0.4, -0.2) is 35.6 Å². The highest BCUT2D eigenvalue weighted by atomic mass is 79.9. The first-order valence-electron chi connectivity index (χ1n) is 5.76. The van der Waals surface area contributed by atoms with Crippen LogP contribution in [-0.2, 0) is 4.79 Å². The van der Waals surface area contributed by atoms with E-state index in [0.29, 0.717) is 5.92 Å². The van der Waals surface area contributed by atoms with Gasteiger partial charge in [-0.2, -0.15) is 0 Å². The van der Waals surface area contributed by atoms with Gasteiger partial charge in [0.2, 0.25) is 0 Å². The van der Waals surface area contributed by atoms with Gasteiger partial charge in [-0.3, -0.25) is 9.69 Å². The zero-order valence-electron chi connectivity index (χ0n) is 9.79. The first-order valence-corrected chi connectivity index (χ1v) is 6.55. The van der Waals surface area contributed by atoms with Crippen molar-refractivity contribution in [2.24, 2.45) is 11.8 Å². The van der Waals surface area contributed by atoms with Gasteiger partial charge in [0.05, 0.1) is 0 Å². The third-order valence-corrected chi connectivity index (χ3v) is 3.49. The molecular weight excluding hydrogens is 270 g/mol. The lowest BCUT2D eigenvalue weighted by Gasteiger charge is -2.35. The van der Waals surface area contributed by atoms with Gasteiger partial charge in [-0.25, -0.2) is 0 Å². The van der Waals surface area contributed by atoms with Crippen molar-refractivity contribution in [2.75, 3.05) is 19.6 Å². The van der Waals surface area contributed by atoms with Crippen molar-refractivity contribution in [3.05, 3.63) is 11.1 Å². The van der Waals surface area contributed by atoms with Crippen LogP contribution in [0.2, 0.25) is 0 Å². The topological polar surface area (TPSA) is 40.5 Å². The molecule has 92 valence electrons. The molecule has 0 bridgehead atoms. The van der Waals surface area contributed by atoms with Gasteiger partial charge in [-0.1, -0.05) is 29.4 Å². The van der Waals surface area contributed by atoms with Gasteiger partial charge in [-0.15, -0.1) is 0 Å². The molecule has 1 N–H and O–H groups in total. The van der Waals surface area contributed by atoms with Gasteiger partial charge in [0.15, 0.2) is 0 Å². The summed E-state index contributed by atoms with van der Waals surface area (Å²) in [5.74, 6) is 0.0927. The summed E-state index contributed by atoms with van der Waals surface area (Å²) in [5, 5.41) is 8.79. The number of carboxylic acids is 1. The SMILES string of the molecule is C=C(Br)CN1CCCC(C(C)CC(=O)O)C1. The van der Waals surface area contributed by atoms with Crippen molar-refractivity contribution in [2.45, 2.75) is 26.2 Å². The molecule has 2 unspecified atom stereocenters. The molecule has 0 aromatic rings. The molecule has 2 atom stereocenters. The van der Waals surface area contributed by atoms with E-state index >= 15 is 0 Å². The maximum Gasteiger partial charge on any atom is 0.303 e. The number of piperidine rings is 1. The van der Waals surface area contributed by atoms with Crippen molar-refractivity contribution in [3.63, 3.8) is 0 Å². The standard InChI is InChI=1S/C12H20BrNO2/c1-9(6-12(15)16)11-4-3-5-14(8-11)7-10(2)13/h9,11H,2-8H2,1H3,(H,15,16). The predicted octanol–water partition coefficient (Wildman–Crippen LogP) is 2.72. The Morgan fingerprint density at radius 3 is 2.94 bits per heavy atom. The minimum atomic E-state index is -0.686. The summed E-state index contributed by atoms with van der Waals surface area (Å²) in [4.78, 5) is 13.0. The van der Waals surface area contributed by atoms with Gasteiger partial charge < -0.3 is 5.11 Å². The summed E-state index contributed by atoms with van der Waals surface area (Å²) < 4.78 is 0.999. The van der Waals surface area contributed by atoms with E-state index in [1.165, 1.54) is 0 Å². The quantitative estimate of drug-likeness (QED) is 0.846. The molecule has 0 spiro atoms. The molecule has 0 radical (unpaired) electrons. The highest BCUT2D eigenvalue weighted by molar-refractivity contribution is 9.11. The van der Waals surface area contributed by atoms with Gasteiger partial charge in [-0.05, 0) is 31.2 Å². The van der Waals surface area contributed by atoms with Crippen LogP contribution in [0.25, 0.3) is 0 Å². The molecule has 0 aromatic heterocycles. The minimum Gasteiger partial charge on any atom is -0.481 e. The highest BCUT2D eigenvalue weighted by Gasteiger charge is 2.25. The fourth-order valence-corrected chi connectivity index (χ4v) is 2.74. The normalized spacial score (nSPS) is 24.0. The Kier molecular flexibility index (Phi) is 5.49. The molecule has 1 fully saturated rings. The third-order valence-electron chi connectivity index (χ3n) is 3.24. The number of nitrogens with zero attached hydrogens (tertiary/aromatic N) is 1. The Morgan fingerprint density at radius 1 is 1.69 bits per heavy atom. The summed E-state index contributed by atoms with van der Waals surface area (Å²) >= 11 is 3.38. The average Bonchev–Trinajstić information content (AvgIpc) is 2.16. The number of aliphatic carboxylic acids is 1. The summed E-state index contributed by atoms with van der Waals surface area (Å²) in [6, 6.07) is 0. The maximum absolute atomic E-state index is 10.7. The van der Waals surface area contributed by atoms with Crippen LogP contribution in [0.3, 0.4) is 0 Å². The zero-order chi connectivity index (χ0) is 12.1. The van der Waals surface area contributed by atoms with Gasteiger partial charge in [0.1, 0.15) is 0 Å². The van der Waals surface area contributed by atoms with Crippen LogP contribution in [0.4, 0.5) is 0 Å². The van der Waals surface area contributed by atoms with Crippen LogP contribution in [0.1, 0.15) is 26.2 Å². The Hall–Kier alpha value is -0.350. The number of hydrogen-bond donors (Lipinski definition) is 1. The van der Waals surface area contributed by atoms with Crippen LogP contribution in [0.15, 0.2) is 11.1 Å². The van der Waals surface area contributed by atoms with Crippen LogP contribution in [0, 0.1) is 11.8 Å². The molecule has 1 saturated heterocycles. The molecule has 1 rings (SSSR count). The van der Waals surface area contributed by atoms with Crippen molar-refractivity contribution < 1.29 is 9.90 Å². The fraction of sp³-hybridized carbons (Fsp3) is 0.750. The number of likely N-dealkylation sites (tertiary alicyclic amines) is 1. The largest absolute Gasteiger partial charge is 0.481 e. The molecule has 0 amide bonds. The van der Waals surface area contributed by atoms with Crippen LogP contribution >= 0.6 is 15.9 Å². The average molecular weight is 290 g/mol. The Balaban J connectivity index is 2.43. The number of rotatable bonds is 5. The first-order chi connectivity index (χ1) is 7.49. The Bertz CT molecular complexity index is 254. The summed E-state index contributed by atoms with van der Waals surface area (Å²) in [7, 11) is 0. The van der Waals surface area contributed by atoms with E-state index < -0.39 is 5.97 Å². The molecule has 1 heterocycles. The fourth-order valence-electron chi connectivity index (χ4n) is 2.38. The van der Waals surface area contributed by atoms with E-state index in [2.05, 4.69) is 27.4 Å². The Labute approximate surface area is 106 Å². The van der Waals surface area contributed by atoms with Crippen molar-refractivity contribution in [1.29, 1.82) is 0 Å². The molecule has 1 aliphatic rings. The van der Waals surface area contributed by atoms with Crippen molar-refractivity contribution in [1.82, 2.24) is 4.90 Å². The lowest BCUT2D eigenvalue weighted by Crippen LogP contribution is -2.38. The Morgan fingerprint density at radius 2 is 2.38 bits per heavy atom. The van der Waals surface area contributed by atoms with Gasteiger partial charge in [0, 0.05) is 24.0 Å². The van der Waals surface area contributed by atoms with Gasteiger partial charge >= 0.3 is 5.97 Å². The summed E-state index contributed by atoms with van der Waals surface area (Å²) in [6.45, 7) is 8.86. The molecule has 16 heavy (non-hydrogen) atoms. The predicted molar refractivity (Wildman–Crippen MR) is 68.6 cm³/mol. The zero-order valence-corrected chi connectivity index (χ0v) is 11.4. The number of hydrogen-bond acceptors (Lipinski definition) is 2. The second-order valence-corrected chi connectivity index (χ2v) is 5.85. The van der Waals surface area contributed by atoms with E-state index in [1.54, 1.807) is 0 Å². The third kappa shape index (κ3) is 4.66. The van der Waals surface area contributed by atoms with Crippen molar-refractivity contribution >= 4 is 21.9 Å². The van der Waals surface area contributed by atoms with E-state index in [4.69, 9.17) is 5.11 Å². The second-order valence-electron chi connectivity index (χ2n) is 4.73. The van der Waals surface area contributed by atoms with E-state index in [0.717, 1.165) is 37.0 Å². The van der Waals surface area contributed by atoms with Gasteiger partial charge in [0.25, 0.3) is 0 Å². The van der Waals surface area contributed by atoms with E-state index in [9.17, 15) is 4.79 Å². The summed E-state index contributed by atoms with van der Waals surface area (Å²) in [5.41, 5.74) is 0. The van der Waals surface area contributed by atoms with Crippen molar-refractivity contribution in [3.8, 4) is 0 Å². The number of halogens is 1. The molecule has 0 aromatic carbocycles. The molecule has 1 aliphatic heterocycles. The molecule has 0 saturated carbocycles. The molecule has 4 heteroatoms. The molecule has 3 nitrogen and oxygen atoms in total. The number of carbonyl (C=O) groups is 1. The van der Waals surface area contributed by atoms with Crippen LogP contribution in [0.5, 0.6) is 0 Å². The lowest BCUT2D eigenvalue weighted by atomic mass is 9.85. The summed E-state index contributed by atoms with van der Waals surface area (Å²) in [6.07, 6.45) is 2.60. The highest BCUT2D eigenvalue weighted by Crippen LogP contribution is 2.26. The van der Waals surface area contributed by atoms with E-state index in [-0.39, 0.29) is 12.3 Å². The second kappa shape index (κ2) is 6.40. The molecule has 0 aliphatic carbocycles. The van der Waals surface area contributed by atoms with Crippen LogP contribution < -0.4 is 0 Å². The minimum absolute atomic E-state index is 0.267. The first kappa shape index (κ1) is 13.7. The monoisotopic (exact) mass is 289 g/mol.